The Labute approximate surface area is 188 Å². The summed E-state index contributed by atoms with van der Waals surface area (Å²) in [7, 11) is 0. The number of carbonyl (C=O) groups is 2. The molecule has 0 bridgehead atoms. The van der Waals surface area contributed by atoms with Crippen molar-refractivity contribution in [3.8, 4) is 6.07 Å². The number of benzene rings is 1. The third kappa shape index (κ3) is 4.45. The van der Waals surface area contributed by atoms with Gasteiger partial charge in [-0.2, -0.15) is 5.26 Å². The molecule has 1 amide bonds. The highest BCUT2D eigenvalue weighted by atomic mass is 32.2. The van der Waals surface area contributed by atoms with Crippen LogP contribution in [0.25, 0.3) is 11.0 Å². The number of carbonyl (C=O) groups excluding carboxylic acids is 2. The van der Waals surface area contributed by atoms with Crippen molar-refractivity contribution in [1.29, 1.82) is 5.26 Å². The standard InChI is InChI=1S/C22H22N4O3S2/c1-2-29-21(28)19-14-7-5-10-17(14)31-20(19)25-18(27)13-30-22-24-15-8-3-4-9-16(15)26(22)12-6-11-23/h3-4,8-9H,2,5-7,10,12-13H2,1H3,(H,25,27). The highest BCUT2D eigenvalue weighted by Gasteiger charge is 2.28. The molecule has 7 nitrogen and oxygen atoms in total. The molecule has 1 aliphatic rings. The number of nitrogens with one attached hydrogen (secondary N) is 1. The summed E-state index contributed by atoms with van der Waals surface area (Å²) in [4.78, 5) is 31.0. The smallest absolute Gasteiger partial charge is 0.341 e. The normalized spacial score (nSPS) is 12.5. The molecule has 0 radical (unpaired) electrons. The number of aromatic nitrogens is 2. The Bertz CT molecular complexity index is 1180. The molecule has 31 heavy (non-hydrogen) atoms. The highest BCUT2D eigenvalue weighted by Crippen LogP contribution is 2.39. The minimum Gasteiger partial charge on any atom is -0.462 e. The van der Waals surface area contributed by atoms with Crippen molar-refractivity contribution >= 4 is 51.0 Å². The van der Waals surface area contributed by atoms with Crippen molar-refractivity contribution in [2.24, 2.45) is 0 Å². The first-order valence-corrected chi connectivity index (χ1v) is 12.0. The number of ether oxygens (including phenoxy) is 1. The van der Waals surface area contributed by atoms with Gasteiger partial charge in [0.2, 0.25) is 5.91 Å². The molecule has 0 spiro atoms. The van der Waals surface area contributed by atoms with Crippen LogP contribution in [-0.2, 0) is 28.9 Å². The zero-order valence-electron chi connectivity index (χ0n) is 17.1. The van der Waals surface area contributed by atoms with Gasteiger partial charge in [0.05, 0.1) is 41.4 Å². The predicted octanol–water partition coefficient (Wildman–Crippen LogP) is 4.41. The largest absolute Gasteiger partial charge is 0.462 e. The van der Waals surface area contributed by atoms with Crippen molar-refractivity contribution in [1.82, 2.24) is 9.55 Å². The zero-order chi connectivity index (χ0) is 21.8. The second-order valence-electron chi connectivity index (χ2n) is 7.06. The van der Waals surface area contributed by atoms with E-state index in [1.165, 1.54) is 23.1 Å². The maximum atomic E-state index is 12.7. The third-order valence-corrected chi connectivity index (χ3v) is 7.24. The van der Waals surface area contributed by atoms with Crippen LogP contribution in [0.15, 0.2) is 29.4 Å². The quantitative estimate of drug-likeness (QED) is 0.400. The van der Waals surface area contributed by atoms with Crippen LogP contribution in [0.5, 0.6) is 0 Å². The second kappa shape index (κ2) is 9.54. The average molecular weight is 455 g/mol. The molecular weight excluding hydrogens is 432 g/mol. The summed E-state index contributed by atoms with van der Waals surface area (Å²) in [5, 5.41) is 13.2. The lowest BCUT2D eigenvalue weighted by molar-refractivity contribution is -0.113. The molecular formula is C22H22N4O3S2. The van der Waals surface area contributed by atoms with Crippen LogP contribution in [0, 0.1) is 11.3 Å². The third-order valence-electron chi connectivity index (χ3n) is 5.05. The van der Waals surface area contributed by atoms with E-state index in [2.05, 4.69) is 16.4 Å². The van der Waals surface area contributed by atoms with E-state index in [1.54, 1.807) is 6.92 Å². The van der Waals surface area contributed by atoms with E-state index in [1.807, 2.05) is 28.8 Å². The first-order chi connectivity index (χ1) is 15.1. The summed E-state index contributed by atoms with van der Waals surface area (Å²) in [6, 6.07) is 9.89. The van der Waals surface area contributed by atoms with E-state index >= 15 is 0 Å². The Kier molecular flexibility index (Phi) is 6.59. The minimum absolute atomic E-state index is 0.153. The van der Waals surface area contributed by atoms with Gasteiger partial charge in [0.15, 0.2) is 5.16 Å². The molecule has 1 N–H and O–H groups in total. The van der Waals surface area contributed by atoms with E-state index in [9.17, 15) is 9.59 Å². The summed E-state index contributed by atoms with van der Waals surface area (Å²) in [6.07, 6.45) is 3.16. The average Bonchev–Trinajstić information content (AvgIpc) is 3.43. The molecule has 1 aliphatic carbocycles. The number of anilines is 1. The molecule has 0 fully saturated rings. The summed E-state index contributed by atoms with van der Waals surface area (Å²) in [5.41, 5.74) is 3.31. The van der Waals surface area contributed by atoms with Gasteiger partial charge in [0.1, 0.15) is 5.00 Å². The Morgan fingerprint density at radius 1 is 1.35 bits per heavy atom. The fourth-order valence-corrected chi connectivity index (χ4v) is 5.88. The van der Waals surface area contributed by atoms with Gasteiger partial charge in [-0.25, -0.2) is 9.78 Å². The number of hydrogen-bond acceptors (Lipinski definition) is 7. The number of hydrogen-bond donors (Lipinski definition) is 1. The number of thioether (sulfide) groups is 1. The van der Waals surface area contributed by atoms with Gasteiger partial charge >= 0.3 is 5.97 Å². The number of esters is 1. The van der Waals surface area contributed by atoms with Gasteiger partial charge in [-0.1, -0.05) is 23.9 Å². The number of amides is 1. The topological polar surface area (TPSA) is 97.0 Å². The lowest BCUT2D eigenvalue weighted by Crippen LogP contribution is -2.17. The van der Waals surface area contributed by atoms with Crippen molar-refractivity contribution in [3.63, 3.8) is 0 Å². The molecule has 4 rings (SSSR count). The van der Waals surface area contributed by atoms with Crippen molar-refractivity contribution in [2.75, 3.05) is 17.7 Å². The van der Waals surface area contributed by atoms with Gasteiger partial charge in [-0.05, 0) is 43.9 Å². The molecule has 2 aromatic heterocycles. The number of thiophene rings is 1. The number of imidazole rings is 1. The maximum absolute atomic E-state index is 12.7. The molecule has 1 aromatic carbocycles. The van der Waals surface area contributed by atoms with E-state index in [4.69, 9.17) is 10.00 Å². The van der Waals surface area contributed by atoms with Crippen LogP contribution in [0.3, 0.4) is 0 Å². The first kappa shape index (κ1) is 21.4. The Hall–Kier alpha value is -2.83. The number of fused-ring (bicyclic) bond motifs is 2. The number of aryl methyl sites for hydroxylation is 2. The lowest BCUT2D eigenvalue weighted by atomic mass is 10.1. The van der Waals surface area contributed by atoms with Gasteiger partial charge < -0.3 is 14.6 Å². The zero-order valence-corrected chi connectivity index (χ0v) is 18.8. The van der Waals surface area contributed by atoms with Crippen LogP contribution in [0.4, 0.5) is 5.00 Å². The van der Waals surface area contributed by atoms with Crippen LogP contribution < -0.4 is 5.32 Å². The first-order valence-electron chi connectivity index (χ1n) is 10.2. The fourth-order valence-electron chi connectivity index (χ4n) is 3.75. The SMILES string of the molecule is CCOC(=O)c1c(NC(=O)CSc2nc3ccccc3n2CCC#N)sc2c1CCC2. The monoisotopic (exact) mass is 454 g/mol. The molecule has 0 saturated carbocycles. The number of rotatable bonds is 8. The van der Waals surface area contributed by atoms with E-state index in [0.29, 0.717) is 35.3 Å². The maximum Gasteiger partial charge on any atom is 0.341 e. The van der Waals surface area contributed by atoms with Crippen molar-refractivity contribution in [3.05, 3.63) is 40.3 Å². The molecule has 3 aromatic rings. The van der Waals surface area contributed by atoms with Crippen LogP contribution in [0.1, 0.15) is 40.6 Å². The lowest BCUT2D eigenvalue weighted by Gasteiger charge is -2.09. The molecule has 0 aliphatic heterocycles. The number of para-hydroxylation sites is 2. The predicted molar refractivity (Wildman–Crippen MR) is 122 cm³/mol. The Morgan fingerprint density at radius 2 is 2.19 bits per heavy atom. The molecule has 0 unspecified atom stereocenters. The summed E-state index contributed by atoms with van der Waals surface area (Å²) >= 11 is 2.80. The van der Waals surface area contributed by atoms with Crippen molar-refractivity contribution in [2.45, 2.75) is 44.3 Å². The minimum atomic E-state index is -0.372. The fraction of sp³-hybridized carbons (Fsp3) is 0.364. The van der Waals surface area contributed by atoms with Crippen LogP contribution in [-0.4, -0.2) is 33.8 Å². The number of nitriles is 1. The van der Waals surface area contributed by atoms with Crippen molar-refractivity contribution < 1.29 is 14.3 Å². The highest BCUT2D eigenvalue weighted by molar-refractivity contribution is 7.99. The Balaban J connectivity index is 1.50. The van der Waals surface area contributed by atoms with Crippen LogP contribution in [0.2, 0.25) is 0 Å². The summed E-state index contributed by atoms with van der Waals surface area (Å²) in [5.74, 6) is -0.418. The van der Waals surface area contributed by atoms with E-state index in [0.717, 1.165) is 40.7 Å². The van der Waals surface area contributed by atoms with Gasteiger partial charge in [-0.15, -0.1) is 11.3 Å². The number of nitrogens with zero attached hydrogens (tertiary/aromatic N) is 3. The van der Waals surface area contributed by atoms with Crippen LogP contribution >= 0.6 is 23.1 Å². The molecule has 0 atom stereocenters. The van der Waals surface area contributed by atoms with Gasteiger partial charge in [0.25, 0.3) is 0 Å². The van der Waals surface area contributed by atoms with E-state index < -0.39 is 0 Å². The molecule has 0 saturated heterocycles. The summed E-state index contributed by atoms with van der Waals surface area (Å²) < 4.78 is 7.19. The molecule has 2 heterocycles. The van der Waals surface area contributed by atoms with Gasteiger partial charge in [0, 0.05) is 11.4 Å². The summed E-state index contributed by atoms with van der Waals surface area (Å²) in [6.45, 7) is 2.59. The Morgan fingerprint density at radius 3 is 3.00 bits per heavy atom. The van der Waals surface area contributed by atoms with E-state index in [-0.39, 0.29) is 17.6 Å². The second-order valence-corrected chi connectivity index (χ2v) is 9.11. The molecule has 160 valence electrons. The van der Waals surface area contributed by atoms with Gasteiger partial charge in [-0.3, -0.25) is 4.79 Å². The molecule has 9 heteroatoms.